The number of aromatic hydroxyl groups is 1. The van der Waals surface area contributed by atoms with Crippen molar-refractivity contribution in [3.63, 3.8) is 0 Å². The zero-order chi connectivity index (χ0) is 23.2. The molecule has 0 saturated carbocycles. The van der Waals surface area contributed by atoms with Crippen LogP contribution in [-0.2, 0) is 18.4 Å². The van der Waals surface area contributed by atoms with Crippen LogP contribution >= 0.6 is 0 Å². The zero-order valence-corrected chi connectivity index (χ0v) is 20.3. The molecule has 1 aromatic carbocycles. The van der Waals surface area contributed by atoms with E-state index in [0.29, 0.717) is 5.75 Å². The summed E-state index contributed by atoms with van der Waals surface area (Å²) in [6.07, 6.45) is 9.75. The van der Waals surface area contributed by atoms with Gasteiger partial charge in [-0.3, -0.25) is 9.58 Å². The predicted molar refractivity (Wildman–Crippen MR) is 130 cm³/mol. The number of phenols is 1. The van der Waals surface area contributed by atoms with E-state index in [4.69, 9.17) is 0 Å². The second-order valence-corrected chi connectivity index (χ2v) is 10.7. The Balaban J connectivity index is 1.46. The molecule has 2 bridgehead atoms. The molecule has 3 unspecified atom stereocenters. The minimum absolute atomic E-state index is 0.104. The molecule has 178 valence electrons. The number of hydrogen-bond donors (Lipinski definition) is 2. The summed E-state index contributed by atoms with van der Waals surface area (Å²) in [6, 6.07) is 5.95. The van der Waals surface area contributed by atoms with Gasteiger partial charge in [0.05, 0.1) is 18.3 Å². The monoisotopic (exact) mass is 450 g/mol. The van der Waals surface area contributed by atoms with Gasteiger partial charge >= 0.3 is 0 Å². The van der Waals surface area contributed by atoms with Gasteiger partial charge in [-0.15, -0.1) is 0 Å². The number of benzene rings is 1. The van der Waals surface area contributed by atoms with Gasteiger partial charge in [-0.2, -0.15) is 5.10 Å². The van der Waals surface area contributed by atoms with Crippen LogP contribution in [0.25, 0.3) is 0 Å². The first kappa shape index (κ1) is 22.6. The fourth-order valence-corrected chi connectivity index (χ4v) is 6.64. The molecule has 5 rings (SSSR count). The molecule has 6 nitrogen and oxygen atoms in total. The molecule has 6 heteroatoms. The summed E-state index contributed by atoms with van der Waals surface area (Å²) in [5.74, 6) is 0.311. The fraction of sp³-hybridized carbons (Fsp3) is 0.593. The number of likely N-dealkylation sites (tertiary alicyclic amines) is 2. The highest BCUT2D eigenvalue weighted by Gasteiger charge is 2.62. The molecule has 0 spiro atoms. The number of hydrogen-bond acceptors (Lipinski definition) is 5. The molecule has 3 atom stereocenters. The molecule has 2 aromatic rings. The first-order chi connectivity index (χ1) is 15.8. The number of piperidine rings is 1. The standard InChI is InChI=1S/C27H38N4O2/c1-20(2)6-10-30-13-8-26-7-11-29(14-15-31-19-21(3)18-28-31)12-9-27(26,33)25(30)16-22-4-5-23(32)17-24(22)26/h4-6,17-19,25,32-33H,7-16H2,1-3H3. The Hall–Kier alpha value is -2.15. The molecule has 2 N–H and O–H groups in total. The van der Waals surface area contributed by atoms with Crippen LogP contribution in [0.15, 0.2) is 42.2 Å². The Bertz CT molecular complexity index is 1040. The Morgan fingerprint density at radius 2 is 1.94 bits per heavy atom. The molecule has 2 saturated heterocycles. The number of rotatable bonds is 5. The minimum Gasteiger partial charge on any atom is -0.508 e. The summed E-state index contributed by atoms with van der Waals surface area (Å²) < 4.78 is 2.02. The minimum atomic E-state index is -0.793. The van der Waals surface area contributed by atoms with Crippen LogP contribution < -0.4 is 0 Å². The predicted octanol–water partition coefficient (Wildman–Crippen LogP) is 3.26. The molecular formula is C27H38N4O2. The van der Waals surface area contributed by atoms with Crippen LogP contribution in [0.4, 0.5) is 0 Å². The Morgan fingerprint density at radius 1 is 1.15 bits per heavy atom. The van der Waals surface area contributed by atoms with E-state index in [1.807, 2.05) is 23.0 Å². The SMILES string of the molecule is CC(C)=CCN1CCC23CCN(CCn4cc(C)cn4)CCC2(O)C1Cc1ccc(O)cc13. The molecule has 1 aliphatic carbocycles. The van der Waals surface area contributed by atoms with Crippen molar-refractivity contribution < 1.29 is 10.2 Å². The normalized spacial score (nSPS) is 29.8. The second-order valence-electron chi connectivity index (χ2n) is 10.7. The number of allylic oxidation sites excluding steroid dienone is 1. The van der Waals surface area contributed by atoms with Gasteiger partial charge in [0.25, 0.3) is 0 Å². The van der Waals surface area contributed by atoms with Crippen molar-refractivity contribution in [1.82, 2.24) is 19.6 Å². The Kier molecular flexibility index (Phi) is 5.88. The van der Waals surface area contributed by atoms with Gasteiger partial charge in [0.1, 0.15) is 5.75 Å². The van der Waals surface area contributed by atoms with Gasteiger partial charge in [0, 0.05) is 37.3 Å². The summed E-state index contributed by atoms with van der Waals surface area (Å²) in [6.45, 7) is 11.9. The number of phenolic OH excluding ortho intramolecular Hbond substituents is 1. The molecule has 2 fully saturated rings. The Labute approximate surface area is 197 Å². The summed E-state index contributed by atoms with van der Waals surface area (Å²) in [5.41, 5.74) is 3.89. The lowest BCUT2D eigenvalue weighted by molar-refractivity contribution is -0.145. The van der Waals surface area contributed by atoms with Crippen molar-refractivity contribution in [3.8, 4) is 5.75 Å². The third-order valence-electron chi connectivity index (χ3n) is 8.47. The first-order valence-electron chi connectivity index (χ1n) is 12.4. The third-order valence-corrected chi connectivity index (χ3v) is 8.47. The maximum atomic E-state index is 12.5. The van der Waals surface area contributed by atoms with Crippen LogP contribution in [0, 0.1) is 6.92 Å². The summed E-state index contributed by atoms with van der Waals surface area (Å²) >= 11 is 0. The topological polar surface area (TPSA) is 64.8 Å². The highest BCUT2D eigenvalue weighted by Crippen LogP contribution is 2.56. The summed E-state index contributed by atoms with van der Waals surface area (Å²) in [5, 5.41) is 27.3. The van der Waals surface area contributed by atoms with Crippen LogP contribution in [0.2, 0.25) is 0 Å². The maximum absolute atomic E-state index is 12.5. The van der Waals surface area contributed by atoms with E-state index < -0.39 is 5.60 Å². The summed E-state index contributed by atoms with van der Waals surface area (Å²) in [4.78, 5) is 5.00. The highest BCUT2D eigenvalue weighted by molar-refractivity contribution is 5.48. The number of aromatic nitrogens is 2. The maximum Gasteiger partial charge on any atom is 0.115 e. The molecule has 0 radical (unpaired) electrons. The van der Waals surface area contributed by atoms with Crippen LogP contribution in [0.5, 0.6) is 5.75 Å². The molecule has 1 aromatic heterocycles. The van der Waals surface area contributed by atoms with E-state index in [1.165, 1.54) is 22.3 Å². The quantitative estimate of drug-likeness (QED) is 0.685. The fourth-order valence-electron chi connectivity index (χ4n) is 6.64. The van der Waals surface area contributed by atoms with E-state index in [1.54, 1.807) is 0 Å². The average Bonchev–Trinajstić information content (AvgIpc) is 3.12. The lowest BCUT2D eigenvalue weighted by atomic mass is 9.52. The van der Waals surface area contributed by atoms with Crippen LogP contribution in [-0.4, -0.2) is 74.2 Å². The van der Waals surface area contributed by atoms with E-state index >= 15 is 0 Å². The number of aryl methyl sites for hydroxylation is 1. The van der Waals surface area contributed by atoms with E-state index in [9.17, 15) is 10.2 Å². The number of aliphatic hydroxyl groups is 1. The van der Waals surface area contributed by atoms with Crippen molar-refractivity contribution >= 4 is 0 Å². The van der Waals surface area contributed by atoms with Crippen LogP contribution in [0.3, 0.4) is 0 Å². The molecule has 0 amide bonds. The first-order valence-corrected chi connectivity index (χ1v) is 12.4. The van der Waals surface area contributed by atoms with Crippen LogP contribution in [0.1, 0.15) is 49.8 Å². The van der Waals surface area contributed by atoms with Crippen molar-refractivity contribution in [2.75, 3.05) is 32.7 Å². The van der Waals surface area contributed by atoms with E-state index in [2.05, 4.69) is 54.0 Å². The largest absolute Gasteiger partial charge is 0.508 e. The van der Waals surface area contributed by atoms with Gasteiger partial charge in [-0.1, -0.05) is 17.7 Å². The van der Waals surface area contributed by atoms with Gasteiger partial charge in [0.15, 0.2) is 0 Å². The molecule has 3 heterocycles. The smallest absolute Gasteiger partial charge is 0.115 e. The van der Waals surface area contributed by atoms with Crippen molar-refractivity contribution in [2.24, 2.45) is 0 Å². The van der Waals surface area contributed by atoms with Gasteiger partial charge in [-0.25, -0.2) is 0 Å². The third kappa shape index (κ3) is 3.92. The molecule has 3 aliphatic rings. The second kappa shape index (κ2) is 8.57. The summed E-state index contributed by atoms with van der Waals surface area (Å²) in [7, 11) is 0. The average molecular weight is 451 g/mol. The highest BCUT2D eigenvalue weighted by atomic mass is 16.3. The lowest BCUT2D eigenvalue weighted by Gasteiger charge is -2.61. The van der Waals surface area contributed by atoms with Gasteiger partial charge < -0.3 is 15.1 Å². The number of nitrogens with zero attached hydrogens (tertiary/aromatic N) is 4. The molecular weight excluding hydrogens is 412 g/mol. The molecule has 2 aliphatic heterocycles. The van der Waals surface area contributed by atoms with E-state index in [0.717, 1.165) is 65.0 Å². The van der Waals surface area contributed by atoms with Crippen molar-refractivity contribution in [2.45, 2.75) is 70.1 Å². The molecule has 33 heavy (non-hydrogen) atoms. The van der Waals surface area contributed by atoms with Gasteiger partial charge in [0.2, 0.25) is 0 Å². The van der Waals surface area contributed by atoms with Crippen molar-refractivity contribution in [1.29, 1.82) is 0 Å². The van der Waals surface area contributed by atoms with E-state index in [-0.39, 0.29) is 11.5 Å². The lowest BCUT2D eigenvalue weighted by Crippen LogP contribution is -2.71. The van der Waals surface area contributed by atoms with Crippen molar-refractivity contribution in [3.05, 3.63) is 58.9 Å². The van der Waals surface area contributed by atoms with Gasteiger partial charge in [-0.05, 0) is 88.4 Å². The number of fused-ring (bicyclic) bond motifs is 1. The zero-order valence-electron chi connectivity index (χ0n) is 20.3. The Morgan fingerprint density at radius 3 is 2.70 bits per heavy atom.